The van der Waals surface area contributed by atoms with Crippen LogP contribution < -0.4 is 5.32 Å². The Morgan fingerprint density at radius 1 is 1.19 bits per heavy atom. The molecule has 6 heteroatoms. The first-order chi connectivity index (χ1) is 9.95. The smallest absolute Gasteiger partial charge is 0.376 e. The molecule has 1 aromatic carbocycles. The molecule has 116 valence electrons. The number of alkyl halides is 3. The molecule has 0 aromatic heterocycles. The highest BCUT2D eigenvalue weighted by molar-refractivity contribution is 5.27. The van der Waals surface area contributed by atoms with Crippen molar-refractivity contribution in [1.29, 1.82) is 0 Å². The third kappa shape index (κ3) is 3.37. The molecule has 1 aromatic rings. The average Bonchev–Trinajstić information content (AvgIpc) is 3.15. The van der Waals surface area contributed by atoms with Gasteiger partial charge in [0.1, 0.15) is 5.82 Å². The molecule has 2 fully saturated rings. The summed E-state index contributed by atoms with van der Waals surface area (Å²) in [6.07, 6.45) is -1.29. The van der Waals surface area contributed by atoms with E-state index in [2.05, 4.69) is 5.32 Å². The predicted molar refractivity (Wildman–Crippen MR) is 69.1 cm³/mol. The first kappa shape index (κ1) is 14.8. The average molecular weight is 303 g/mol. The van der Waals surface area contributed by atoms with Crippen molar-refractivity contribution in [3.8, 4) is 0 Å². The summed E-state index contributed by atoms with van der Waals surface area (Å²) in [5, 5.41) is 3.25. The van der Waals surface area contributed by atoms with Crippen molar-refractivity contribution in [2.75, 3.05) is 6.61 Å². The quantitative estimate of drug-likeness (QED) is 0.860. The molecule has 3 rings (SSSR count). The molecule has 1 aliphatic carbocycles. The topological polar surface area (TPSA) is 21.3 Å². The third-order valence-corrected chi connectivity index (χ3v) is 4.13. The lowest BCUT2D eigenvalue weighted by molar-refractivity contribution is -0.140. The molecule has 1 N–H and O–H groups in total. The zero-order chi connectivity index (χ0) is 15.0. The van der Waals surface area contributed by atoms with Crippen LogP contribution in [0, 0.1) is 11.7 Å². The molecule has 2 aliphatic rings. The highest BCUT2D eigenvalue weighted by Crippen LogP contribution is 2.39. The summed E-state index contributed by atoms with van der Waals surface area (Å²) >= 11 is 0. The number of halogens is 4. The molecule has 0 amide bonds. The molecule has 0 spiro atoms. The van der Waals surface area contributed by atoms with Crippen molar-refractivity contribution in [3.05, 3.63) is 35.1 Å². The normalized spacial score (nSPS) is 26.3. The van der Waals surface area contributed by atoms with Gasteiger partial charge in [-0.3, -0.25) is 0 Å². The third-order valence-electron chi connectivity index (χ3n) is 4.13. The van der Waals surface area contributed by atoms with Crippen LogP contribution in [-0.4, -0.2) is 18.8 Å². The Morgan fingerprint density at radius 2 is 1.95 bits per heavy atom. The van der Waals surface area contributed by atoms with Gasteiger partial charge in [-0.05, 0) is 42.9 Å². The minimum absolute atomic E-state index is 0.174. The van der Waals surface area contributed by atoms with E-state index in [4.69, 9.17) is 4.74 Å². The van der Waals surface area contributed by atoms with Gasteiger partial charge in [0, 0.05) is 19.2 Å². The Labute approximate surface area is 120 Å². The Balaban J connectivity index is 1.65. The second-order valence-corrected chi connectivity index (χ2v) is 5.76. The molecular weight excluding hydrogens is 286 g/mol. The largest absolute Gasteiger partial charge is 0.419 e. The molecule has 2 nitrogen and oxygen atoms in total. The van der Waals surface area contributed by atoms with Crippen LogP contribution >= 0.6 is 0 Å². The maximum absolute atomic E-state index is 13.2. The van der Waals surface area contributed by atoms with Gasteiger partial charge < -0.3 is 10.1 Å². The minimum Gasteiger partial charge on any atom is -0.376 e. The lowest BCUT2D eigenvalue weighted by Gasteiger charge is -2.20. The maximum atomic E-state index is 13.2. The fourth-order valence-corrected chi connectivity index (χ4v) is 2.87. The molecule has 0 bridgehead atoms. The summed E-state index contributed by atoms with van der Waals surface area (Å²) in [5.41, 5.74) is -0.770. The standard InChI is InChI=1S/C15H17F4NO/c16-12-4-1-9(7-11(12)15(17,18)19)8-20-13-5-6-21-14(13)10-2-3-10/h1,4,7,10,13-14,20H,2-3,5-6,8H2. The summed E-state index contributed by atoms with van der Waals surface area (Å²) in [6, 6.07) is 3.32. The maximum Gasteiger partial charge on any atom is 0.419 e. The number of benzene rings is 1. The van der Waals surface area contributed by atoms with Crippen LogP contribution in [0.5, 0.6) is 0 Å². The molecule has 0 radical (unpaired) electrons. The molecule has 1 saturated carbocycles. The van der Waals surface area contributed by atoms with Crippen molar-refractivity contribution in [3.63, 3.8) is 0 Å². The van der Waals surface area contributed by atoms with Gasteiger partial charge in [-0.15, -0.1) is 0 Å². The molecular formula is C15H17F4NO. The van der Waals surface area contributed by atoms with Crippen molar-refractivity contribution in [1.82, 2.24) is 5.32 Å². The van der Waals surface area contributed by atoms with Gasteiger partial charge >= 0.3 is 6.18 Å². The summed E-state index contributed by atoms with van der Waals surface area (Å²) < 4.78 is 56.9. The molecule has 1 aliphatic heterocycles. The van der Waals surface area contributed by atoms with Gasteiger partial charge in [0.2, 0.25) is 0 Å². The van der Waals surface area contributed by atoms with Crippen LogP contribution in [0.15, 0.2) is 18.2 Å². The zero-order valence-electron chi connectivity index (χ0n) is 11.4. The Hall–Kier alpha value is -1.14. The van der Waals surface area contributed by atoms with Gasteiger partial charge in [-0.2, -0.15) is 13.2 Å². The Kier molecular flexibility index (Phi) is 3.92. The zero-order valence-corrected chi connectivity index (χ0v) is 11.4. The molecule has 2 atom stereocenters. The van der Waals surface area contributed by atoms with E-state index in [0.29, 0.717) is 24.6 Å². The number of nitrogens with one attached hydrogen (secondary N) is 1. The minimum atomic E-state index is -4.66. The molecule has 1 heterocycles. The van der Waals surface area contributed by atoms with E-state index < -0.39 is 17.6 Å². The SMILES string of the molecule is Fc1ccc(CNC2CCOC2C2CC2)cc1C(F)(F)F. The van der Waals surface area contributed by atoms with Gasteiger partial charge in [0.15, 0.2) is 0 Å². The molecule has 2 unspecified atom stereocenters. The molecule has 1 saturated heterocycles. The molecule has 21 heavy (non-hydrogen) atoms. The number of rotatable bonds is 4. The Morgan fingerprint density at radius 3 is 2.62 bits per heavy atom. The second kappa shape index (κ2) is 5.57. The first-order valence-electron chi connectivity index (χ1n) is 7.16. The van der Waals surface area contributed by atoms with E-state index in [1.807, 2.05) is 0 Å². The van der Waals surface area contributed by atoms with Gasteiger partial charge in [0.25, 0.3) is 0 Å². The highest BCUT2D eigenvalue weighted by atomic mass is 19.4. The van der Waals surface area contributed by atoms with E-state index >= 15 is 0 Å². The van der Waals surface area contributed by atoms with Crippen LogP contribution in [0.4, 0.5) is 17.6 Å². The van der Waals surface area contributed by atoms with E-state index in [0.717, 1.165) is 31.4 Å². The van der Waals surface area contributed by atoms with Crippen molar-refractivity contribution in [2.24, 2.45) is 5.92 Å². The van der Waals surface area contributed by atoms with E-state index in [1.54, 1.807) is 0 Å². The van der Waals surface area contributed by atoms with Crippen molar-refractivity contribution >= 4 is 0 Å². The lowest BCUT2D eigenvalue weighted by atomic mass is 10.0. The number of hydrogen-bond acceptors (Lipinski definition) is 2. The highest BCUT2D eigenvalue weighted by Gasteiger charge is 2.40. The van der Waals surface area contributed by atoms with Crippen LogP contribution in [0.3, 0.4) is 0 Å². The van der Waals surface area contributed by atoms with Crippen molar-refractivity contribution in [2.45, 2.75) is 44.1 Å². The summed E-state index contributed by atoms with van der Waals surface area (Å²) in [4.78, 5) is 0. The lowest BCUT2D eigenvalue weighted by Crippen LogP contribution is -2.37. The van der Waals surface area contributed by atoms with E-state index in [1.165, 1.54) is 6.07 Å². The fraction of sp³-hybridized carbons (Fsp3) is 0.600. The van der Waals surface area contributed by atoms with E-state index in [-0.39, 0.29) is 12.1 Å². The van der Waals surface area contributed by atoms with E-state index in [9.17, 15) is 17.6 Å². The first-order valence-corrected chi connectivity index (χ1v) is 7.16. The predicted octanol–water partition coefficient (Wildman–Crippen LogP) is 3.50. The number of ether oxygens (including phenoxy) is 1. The van der Waals surface area contributed by atoms with Gasteiger partial charge in [0.05, 0.1) is 11.7 Å². The summed E-state index contributed by atoms with van der Waals surface area (Å²) in [7, 11) is 0. The van der Waals surface area contributed by atoms with Crippen molar-refractivity contribution < 1.29 is 22.3 Å². The van der Waals surface area contributed by atoms with Crippen LogP contribution in [0.2, 0.25) is 0 Å². The van der Waals surface area contributed by atoms with Crippen LogP contribution in [0.1, 0.15) is 30.4 Å². The number of hydrogen-bond donors (Lipinski definition) is 1. The Bertz CT molecular complexity index is 513. The summed E-state index contributed by atoms with van der Waals surface area (Å²) in [6.45, 7) is 0.983. The second-order valence-electron chi connectivity index (χ2n) is 5.76. The van der Waals surface area contributed by atoms with Gasteiger partial charge in [-0.1, -0.05) is 6.07 Å². The monoisotopic (exact) mass is 303 g/mol. The van der Waals surface area contributed by atoms with Gasteiger partial charge in [-0.25, -0.2) is 4.39 Å². The van der Waals surface area contributed by atoms with Crippen LogP contribution in [-0.2, 0) is 17.5 Å². The summed E-state index contributed by atoms with van der Waals surface area (Å²) in [5.74, 6) is -0.643. The fourth-order valence-electron chi connectivity index (χ4n) is 2.87. The van der Waals surface area contributed by atoms with Crippen LogP contribution in [0.25, 0.3) is 0 Å².